The number of halogens is 2. The SMILES string of the molecule is CC(=O)OCN(CCc1c[nH]c2ccc(F)cc12)C(=O)c1nccnc1-c1ccc(F)cc1. The van der Waals surface area contributed by atoms with Crippen LogP contribution in [-0.2, 0) is 16.0 Å². The van der Waals surface area contributed by atoms with Crippen molar-refractivity contribution in [1.82, 2.24) is 19.9 Å². The fourth-order valence-corrected chi connectivity index (χ4v) is 3.47. The maximum absolute atomic E-state index is 13.7. The number of nitrogens with one attached hydrogen (secondary N) is 1. The average Bonchev–Trinajstić information content (AvgIpc) is 3.21. The largest absolute Gasteiger partial charge is 0.444 e. The number of nitrogens with zero attached hydrogens (tertiary/aromatic N) is 3. The number of ether oxygens (including phenoxy) is 1. The number of benzene rings is 2. The minimum Gasteiger partial charge on any atom is -0.444 e. The highest BCUT2D eigenvalue weighted by Crippen LogP contribution is 2.23. The number of aromatic nitrogens is 3. The number of hydrogen-bond acceptors (Lipinski definition) is 5. The number of rotatable bonds is 7. The molecule has 4 rings (SSSR count). The van der Waals surface area contributed by atoms with Crippen LogP contribution < -0.4 is 0 Å². The van der Waals surface area contributed by atoms with Crippen LogP contribution >= 0.6 is 0 Å². The summed E-state index contributed by atoms with van der Waals surface area (Å²) in [6, 6.07) is 9.99. The third kappa shape index (κ3) is 5.03. The van der Waals surface area contributed by atoms with Gasteiger partial charge in [0.1, 0.15) is 17.3 Å². The van der Waals surface area contributed by atoms with Crippen LogP contribution in [0.25, 0.3) is 22.2 Å². The number of amides is 1. The Kier molecular flexibility index (Phi) is 6.39. The summed E-state index contributed by atoms with van der Waals surface area (Å²) in [5.74, 6) is -1.82. The van der Waals surface area contributed by atoms with E-state index in [0.717, 1.165) is 11.1 Å². The Balaban J connectivity index is 1.62. The smallest absolute Gasteiger partial charge is 0.304 e. The highest BCUT2D eigenvalue weighted by molar-refractivity contribution is 5.98. The van der Waals surface area contributed by atoms with Gasteiger partial charge in [-0.1, -0.05) is 0 Å². The van der Waals surface area contributed by atoms with E-state index in [-0.39, 0.29) is 30.5 Å². The van der Waals surface area contributed by atoms with Gasteiger partial charge in [0.25, 0.3) is 5.91 Å². The second-order valence-electron chi connectivity index (χ2n) is 7.35. The molecule has 168 valence electrons. The Morgan fingerprint density at radius 1 is 1.03 bits per heavy atom. The van der Waals surface area contributed by atoms with E-state index in [1.54, 1.807) is 12.3 Å². The number of H-pyrrole nitrogens is 1. The van der Waals surface area contributed by atoms with Gasteiger partial charge < -0.3 is 14.6 Å². The molecule has 7 nitrogen and oxygen atoms in total. The maximum Gasteiger partial charge on any atom is 0.304 e. The van der Waals surface area contributed by atoms with Crippen molar-refractivity contribution in [3.8, 4) is 11.3 Å². The molecule has 9 heteroatoms. The molecule has 0 spiro atoms. The molecule has 0 fully saturated rings. The van der Waals surface area contributed by atoms with E-state index in [9.17, 15) is 18.4 Å². The molecule has 1 N–H and O–H groups in total. The van der Waals surface area contributed by atoms with Gasteiger partial charge in [-0.3, -0.25) is 14.6 Å². The van der Waals surface area contributed by atoms with E-state index < -0.39 is 17.7 Å². The number of hydrogen-bond donors (Lipinski definition) is 1. The molecule has 0 radical (unpaired) electrons. The van der Waals surface area contributed by atoms with Gasteiger partial charge in [-0.2, -0.15) is 0 Å². The summed E-state index contributed by atoms with van der Waals surface area (Å²) in [6.07, 6.45) is 4.95. The van der Waals surface area contributed by atoms with E-state index in [1.807, 2.05) is 0 Å². The van der Waals surface area contributed by atoms with E-state index in [0.29, 0.717) is 17.4 Å². The van der Waals surface area contributed by atoms with Crippen LogP contribution in [0.5, 0.6) is 0 Å². The Hall–Kier alpha value is -4.14. The van der Waals surface area contributed by atoms with E-state index in [4.69, 9.17) is 4.74 Å². The van der Waals surface area contributed by atoms with Crippen molar-refractivity contribution < 1.29 is 23.1 Å². The van der Waals surface area contributed by atoms with Crippen molar-refractivity contribution in [2.24, 2.45) is 0 Å². The summed E-state index contributed by atoms with van der Waals surface area (Å²) in [6.45, 7) is 1.14. The quantitative estimate of drug-likeness (QED) is 0.338. The molecule has 33 heavy (non-hydrogen) atoms. The average molecular weight is 450 g/mol. The fourth-order valence-electron chi connectivity index (χ4n) is 3.47. The molecule has 2 aromatic heterocycles. The predicted molar refractivity (Wildman–Crippen MR) is 117 cm³/mol. The Morgan fingerprint density at radius 3 is 2.52 bits per heavy atom. The van der Waals surface area contributed by atoms with Gasteiger partial charge in [0.2, 0.25) is 0 Å². The molecule has 0 saturated carbocycles. The van der Waals surface area contributed by atoms with Crippen LogP contribution in [0, 0.1) is 11.6 Å². The van der Waals surface area contributed by atoms with Crippen LogP contribution in [0.4, 0.5) is 8.78 Å². The molecule has 2 aromatic carbocycles. The molecule has 1 amide bonds. The first kappa shape index (κ1) is 22.1. The zero-order chi connectivity index (χ0) is 23.4. The number of fused-ring (bicyclic) bond motifs is 1. The Morgan fingerprint density at radius 2 is 1.76 bits per heavy atom. The van der Waals surface area contributed by atoms with Crippen LogP contribution in [-0.4, -0.2) is 45.0 Å². The Bertz CT molecular complexity index is 1300. The number of carbonyl (C=O) groups excluding carboxylic acids is 2. The van der Waals surface area contributed by atoms with Crippen LogP contribution in [0.2, 0.25) is 0 Å². The lowest BCUT2D eigenvalue weighted by atomic mass is 10.1. The van der Waals surface area contributed by atoms with Gasteiger partial charge in [-0.05, 0) is 54.4 Å². The number of aromatic amines is 1. The summed E-state index contributed by atoms with van der Waals surface area (Å²) in [5, 5.41) is 0.710. The molecule has 0 saturated heterocycles. The second kappa shape index (κ2) is 9.56. The van der Waals surface area contributed by atoms with Crippen molar-refractivity contribution >= 4 is 22.8 Å². The van der Waals surface area contributed by atoms with Gasteiger partial charge in [0.05, 0.1) is 0 Å². The predicted octanol–water partition coefficient (Wildman–Crippen LogP) is 4.11. The van der Waals surface area contributed by atoms with Crippen molar-refractivity contribution in [2.75, 3.05) is 13.3 Å². The molecule has 2 heterocycles. The molecule has 0 atom stereocenters. The lowest BCUT2D eigenvalue weighted by Crippen LogP contribution is -2.36. The van der Waals surface area contributed by atoms with Crippen LogP contribution in [0.1, 0.15) is 23.0 Å². The van der Waals surface area contributed by atoms with Gasteiger partial charge in [0.15, 0.2) is 12.4 Å². The molecule has 4 aromatic rings. The number of carbonyl (C=O) groups is 2. The second-order valence-corrected chi connectivity index (χ2v) is 7.35. The standard InChI is InChI=1S/C24H20F2N4O3/c1-15(31)33-14-30(11-8-17-13-29-21-7-6-19(26)12-20(17)21)24(32)23-22(27-9-10-28-23)16-2-4-18(25)5-3-16/h2-7,9-10,12-13,29H,8,11,14H2,1H3. The normalized spacial score (nSPS) is 10.9. The summed E-state index contributed by atoms with van der Waals surface area (Å²) in [5.41, 5.74) is 2.43. The lowest BCUT2D eigenvalue weighted by molar-refractivity contribution is -0.144. The zero-order valence-electron chi connectivity index (χ0n) is 17.7. The van der Waals surface area contributed by atoms with Crippen LogP contribution in [0.3, 0.4) is 0 Å². The number of esters is 1. The summed E-state index contributed by atoms with van der Waals surface area (Å²) in [4.78, 5) is 37.6. The molecule has 0 aliphatic carbocycles. The summed E-state index contributed by atoms with van der Waals surface area (Å²) < 4.78 is 32.1. The third-order valence-electron chi connectivity index (χ3n) is 5.11. The minimum absolute atomic E-state index is 0.0428. The highest BCUT2D eigenvalue weighted by atomic mass is 19.1. The molecular weight excluding hydrogens is 430 g/mol. The molecule has 0 bridgehead atoms. The van der Waals surface area contributed by atoms with Crippen molar-refractivity contribution in [1.29, 1.82) is 0 Å². The molecular formula is C24H20F2N4O3. The van der Waals surface area contributed by atoms with Gasteiger partial charge in [0, 0.05) is 48.5 Å². The van der Waals surface area contributed by atoms with Crippen molar-refractivity contribution in [2.45, 2.75) is 13.3 Å². The third-order valence-corrected chi connectivity index (χ3v) is 5.11. The van der Waals surface area contributed by atoms with Gasteiger partial charge in [-0.15, -0.1) is 0 Å². The Labute approximate surface area is 188 Å². The minimum atomic E-state index is -0.542. The maximum atomic E-state index is 13.7. The summed E-state index contributed by atoms with van der Waals surface area (Å²) >= 11 is 0. The van der Waals surface area contributed by atoms with E-state index in [1.165, 1.54) is 60.6 Å². The first-order valence-electron chi connectivity index (χ1n) is 10.2. The van der Waals surface area contributed by atoms with Gasteiger partial charge in [-0.25, -0.2) is 13.8 Å². The van der Waals surface area contributed by atoms with E-state index in [2.05, 4.69) is 15.0 Å². The molecule has 0 unspecified atom stereocenters. The topological polar surface area (TPSA) is 88.2 Å². The van der Waals surface area contributed by atoms with Gasteiger partial charge >= 0.3 is 5.97 Å². The highest BCUT2D eigenvalue weighted by Gasteiger charge is 2.23. The summed E-state index contributed by atoms with van der Waals surface area (Å²) in [7, 11) is 0. The monoisotopic (exact) mass is 450 g/mol. The molecule has 0 aliphatic rings. The van der Waals surface area contributed by atoms with E-state index >= 15 is 0 Å². The molecule has 0 aliphatic heterocycles. The van der Waals surface area contributed by atoms with Crippen molar-refractivity contribution in [3.63, 3.8) is 0 Å². The van der Waals surface area contributed by atoms with Crippen LogP contribution in [0.15, 0.2) is 61.1 Å². The fraction of sp³-hybridized carbons (Fsp3) is 0.167. The first-order valence-corrected chi connectivity index (χ1v) is 10.2. The van der Waals surface area contributed by atoms with Crippen molar-refractivity contribution in [3.05, 3.63) is 83.9 Å². The lowest BCUT2D eigenvalue weighted by Gasteiger charge is -2.22. The first-order chi connectivity index (χ1) is 15.9. The zero-order valence-corrected chi connectivity index (χ0v) is 17.7.